The monoisotopic (exact) mass is 341 g/mol. The molecule has 0 atom stereocenters. The highest BCUT2D eigenvalue weighted by atomic mass is 19.1. The summed E-state index contributed by atoms with van der Waals surface area (Å²) in [6.45, 7) is 4.21. The van der Waals surface area contributed by atoms with Gasteiger partial charge in [-0.25, -0.2) is 4.39 Å². The lowest BCUT2D eigenvalue weighted by Gasteiger charge is -2.29. The summed E-state index contributed by atoms with van der Waals surface area (Å²) in [7, 11) is 0. The minimum atomic E-state index is -0.285. The van der Waals surface area contributed by atoms with Gasteiger partial charge in [-0.2, -0.15) is 0 Å². The summed E-state index contributed by atoms with van der Waals surface area (Å²) in [5.74, 6) is 0.382. The van der Waals surface area contributed by atoms with Crippen LogP contribution in [0.1, 0.15) is 24.0 Å². The molecule has 0 unspecified atom stereocenters. The zero-order valence-electron chi connectivity index (χ0n) is 14.7. The molecular formula is C21H26FN2O+. The summed E-state index contributed by atoms with van der Waals surface area (Å²) in [6, 6.07) is 15.4. The Balaban J connectivity index is 1.43. The fraction of sp³-hybridized carbons (Fsp3) is 0.381. The second-order valence-corrected chi connectivity index (χ2v) is 7.07. The normalized spacial score (nSPS) is 20.2. The fourth-order valence-corrected chi connectivity index (χ4v) is 3.52. The van der Waals surface area contributed by atoms with Crippen LogP contribution in [0.3, 0.4) is 0 Å². The Hall–Kier alpha value is -2.20. The van der Waals surface area contributed by atoms with Crippen LogP contribution in [0, 0.1) is 18.7 Å². The zero-order chi connectivity index (χ0) is 17.6. The number of anilines is 1. The molecule has 1 amide bonds. The molecule has 1 saturated heterocycles. The Morgan fingerprint density at radius 2 is 1.88 bits per heavy atom. The third kappa shape index (κ3) is 5.13. The molecule has 0 saturated carbocycles. The van der Waals surface area contributed by atoms with Crippen LogP contribution in [0.2, 0.25) is 0 Å². The first kappa shape index (κ1) is 17.6. The number of hydrogen-bond donors (Lipinski definition) is 2. The lowest BCUT2D eigenvalue weighted by molar-refractivity contribution is -0.898. The first-order valence-electron chi connectivity index (χ1n) is 9.03. The van der Waals surface area contributed by atoms with Crippen LogP contribution >= 0.6 is 0 Å². The molecule has 1 aliphatic heterocycles. The molecule has 132 valence electrons. The maximum atomic E-state index is 13.6. The first-order chi connectivity index (χ1) is 12.1. The van der Waals surface area contributed by atoms with E-state index in [9.17, 15) is 9.18 Å². The Kier molecular flexibility index (Phi) is 5.82. The maximum Gasteiger partial charge on any atom is 0.279 e. The van der Waals surface area contributed by atoms with Gasteiger partial charge in [0, 0.05) is 5.69 Å². The van der Waals surface area contributed by atoms with Gasteiger partial charge in [0.1, 0.15) is 5.82 Å². The average Bonchev–Trinajstić information content (AvgIpc) is 2.61. The highest BCUT2D eigenvalue weighted by Crippen LogP contribution is 2.16. The SMILES string of the molecule is Cc1ccc(NC(=O)C[NH+]2CCC(Cc3ccccc3)CC2)cc1F. The number of likely N-dealkylation sites (tertiary alicyclic amines) is 1. The van der Waals surface area contributed by atoms with Gasteiger partial charge in [-0.3, -0.25) is 4.79 Å². The van der Waals surface area contributed by atoms with Crippen LogP contribution in [0.15, 0.2) is 48.5 Å². The summed E-state index contributed by atoms with van der Waals surface area (Å²) in [4.78, 5) is 13.5. The molecular weight excluding hydrogens is 315 g/mol. The number of nitrogens with one attached hydrogen (secondary N) is 2. The molecule has 1 heterocycles. The average molecular weight is 341 g/mol. The van der Waals surface area contributed by atoms with Crippen molar-refractivity contribution in [1.82, 2.24) is 0 Å². The lowest BCUT2D eigenvalue weighted by Crippen LogP contribution is -3.14. The summed E-state index contributed by atoms with van der Waals surface area (Å²) < 4.78 is 13.6. The number of amides is 1. The van der Waals surface area contributed by atoms with E-state index in [2.05, 4.69) is 35.6 Å². The van der Waals surface area contributed by atoms with Crippen molar-refractivity contribution in [2.45, 2.75) is 26.2 Å². The van der Waals surface area contributed by atoms with Gasteiger partial charge in [0.15, 0.2) is 6.54 Å². The van der Waals surface area contributed by atoms with Gasteiger partial charge >= 0.3 is 0 Å². The summed E-state index contributed by atoms with van der Waals surface area (Å²) in [5, 5.41) is 2.81. The number of benzene rings is 2. The van der Waals surface area contributed by atoms with E-state index in [1.807, 2.05) is 0 Å². The number of piperidine rings is 1. The second kappa shape index (κ2) is 8.26. The molecule has 0 spiro atoms. The fourth-order valence-electron chi connectivity index (χ4n) is 3.52. The van der Waals surface area contributed by atoms with Crippen LogP contribution in [-0.2, 0) is 11.2 Å². The number of carbonyl (C=O) groups excluding carboxylic acids is 1. The van der Waals surface area contributed by atoms with E-state index in [4.69, 9.17) is 0 Å². The van der Waals surface area contributed by atoms with E-state index in [1.165, 1.54) is 16.5 Å². The van der Waals surface area contributed by atoms with E-state index in [0.717, 1.165) is 32.4 Å². The molecule has 4 heteroatoms. The molecule has 1 aliphatic rings. The number of quaternary nitrogens is 1. The molecule has 25 heavy (non-hydrogen) atoms. The summed E-state index contributed by atoms with van der Waals surface area (Å²) >= 11 is 0. The Labute approximate surface area is 148 Å². The smallest absolute Gasteiger partial charge is 0.279 e. The van der Waals surface area contributed by atoms with Crippen LogP contribution in [0.25, 0.3) is 0 Å². The first-order valence-corrected chi connectivity index (χ1v) is 9.03. The maximum absolute atomic E-state index is 13.6. The van der Waals surface area contributed by atoms with Crippen LogP contribution in [0.4, 0.5) is 10.1 Å². The predicted octanol–water partition coefficient (Wildman–Crippen LogP) is 2.61. The molecule has 0 aliphatic carbocycles. The largest absolute Gasteiger partial charge is 0.327 e. The third-order valence-electron chi connectivity index (χ3n) is 5.05. The summed E-state index contributed by atoms with van der Waals surface area (Å²) in [5.41, 5.74) is 2.52. The van der Waals surface area contributed by atoms with E-state index in [-0.39, 0.29) is 11.7 Å². The van der Waals surface area contributed by atoms with Crippen molar-refractivity contribution in [2.24, 2.45) is 5.92 Å². The van der Waals surface area contributed by atoms with Crippen molar-refractivity contribution in [3.8, 4) is 0 Å². The number of hydrogen-bond acceptors (Lipinski definition) is 1. The Morgan fingerprint density at radius 1 is 1.16 bits per heavy atom. The van der Waals surface area contributed by atoms with Crippen molar-refractivity contribution >= 4 is 11.6 Å². The standard InChI is InChI=1S/C21H25FN2O/c1-16-7-8-19(14-20(16)22)23-21(25)15-24-11-9-18(10-12-24)13-17-5-3-2-4-6-17/h2-8,14,18H,9-13,15H2,1H3,(H,23,25)/p+1. The number of carbonyl (C=O) groups is 1. The van der Waals surface area contributed by atoms with E-state index >= 15 is 0 Å². The van der Waals surface area contributed by atoms with Crippen LogP contribution in [0.5, 0.6) is 0 Å². The van der Waals surface area contributed by atoms with E-state index in [1.54, 1.807) is 19.1 Å². The van der Waals surface area contributed by atoms with Gasteiger partial charge in [-0.15, -0.1) is 0 Å². The molecule has 2 N–H and O–H groups in total. The molecule has 0 bridgehead atoms. The third-order valence-corrected chi connectivity index (χ3v) is 5.05. The number of rotatable bonds is 5. The predicted molar refractivity (Wildman–Crippen MR) is 98.2 cm³/mol. The summed E-state index contributed by atoms with van der Waals surface area (Å²) in [6.07, 6.45) is 3.43. The van der Waals surface area contributed by atoms with E-state index < -0.39 is 0 Å². The molecule has 2 aromatic carbocycles. The van der Waals surface area contributed by atoms with Crippen molar-refractivity contribution in [3.05, 3.63) is 65.5 Å². The van der Waals surface area contributed by atoms with E-state index in [0.29, 0.717) is 23.7 Å². The lowest BCUT2D eigenvalue weighted by atomic mass is 9.90. The molecule has 1 fully saturated rings. The van der Waals surface area contributed by atoms with Gasteiger partial charge in [-0.1, -0.05) is 36.4 Å². The van der Waals surface area contributed by atoms with Gasteiger partial charge < -0.3 is 10.2 Å². The van der Waals surface area contributed by atoms with Crippen molar-refractivity contribution in [1.29, 1.82) is 0 Å². The highest BCUT2D eigenvalue weighted by molar-refractivity contribution is 5.91. The molecule has 0 aromatic heterocycles. The second-order valence-electron chi connectivity index (χ2n) is 7.07. The number of aryl methyl sites for hydroxylation is 1. The van der Waals surface area contributed by atoms with Crippen LogP contribution < -0.4 is 10.2 Å². The number of halogens is 1. The van der Waals surface area contributed by atoms with Gasteiger partial charge in [-0.05, 0) is 55.4 Å². The zero-order valence-corrected chi connectivity index (χ0v) is 14.7. The Morgan fingerprint density at radius 3 is 2.56 bits per heavy atom. The quantitative estimate of drug-likeness (QED) is 0.861. The molecule has 0 radical (unpaired) electrons. The molecule has 3 rings (SSSR count). The topological polar surface area (TPSA) is 33.5 Å². The van der Waals surface area contributed by atoms with Crippen molar-refractivity contribution in [3.63, 3.8) is 0 Å². The van der Waals surface area contributed by atoms with Crippen molar-refractivity contribution in [2.75, 3.05) is 25.0 Å². The Bertz CT molecular complexity index is 709. The highest BCUT2D eigenvalue weighted by Gasteiger charge is 2.24. The minimum Gasteiger partial charge on any atom is -0.327 e. The minimum absolute atomic E-state index is 0.0419. The van der Waals surface area contributed by atoms with Crippen LogP contribution in [-0.4, -0.2) is 25.5 Å². The van der Waals surface area contributed by atoms with Gasteiger partial charge in [0.05, 0.1) is 13.1 Å². The molecule has 2 aromatic rings. The van der Waals surface area contributed by atoms with Crippen molar-refractivity contribution < 1.29 is 14.1 Å². The van der Waals surface area contributed by atoms with Gasteiger partial charge in [0.25, 0.3) is 5.91 Å². The van der Waals surface area contributed by atoms with Gasteiger partial charge in [0.2, 0.25) is 0 Å². The molecule has 3 nitrogen and oxygen atoms in total.